The lowest BCUT2D eigenvalue weighted by Gasteiger charge is -2.41. The molecule has 0 unspecified atom stereocenters. The molecular weight excluding hydrogens is 294 g/mol. The van der Waals surface area contributed by atoms with Crippen molar-refractivity contribution in [2.75, 3.05) is 50.7 Å². The number of nitrogens with one attached hydrogen (secondary N) is 2. The van der Waals surface area contributed by atoms with Crippen molar-refractivity contribution in [3.63, 3.8) is 0 Å². The molecule has 2 aromatic rings. The summed E-state index contributed by atoms with van der Waals surface area (Å²) < 4.78 is 0. The average Bonchev–Trinajstić information content (AvgIpc) is 3.04. The number of H-pyrrole nitrogens is 1. The van der Waals surface area contributed by atoms with Crippen LogP contribution < -0.4 is 10.2 Å². The highest BCUT2D eigenvalue weighted by Crippen LogP contribution is 2.22. The van der Waals surface area contributed by atoms with Crippen molar-refractivity contribution in [1.29, 1.82) is 0 Å². The van der Waals surface area contributed by atoms with Crippen LogP contribution in [-0.4, -0.2) is 81.4 Å². The Hall–Kier alpha value is -1.77. The minimum atomic E-state index is -0.577. The van der Waals surface area contributed by atoms with E-state index in [2.05, 4.69) is 35.1 Å². The molecule has 0 saturated carbocycles. The lowest BCUT2D eigenvalue weighted by atomic mass is 9.93. The first-order valence-corrected chi connectivity index (χ1v) is 8.28. The lowest BCUT2D eigenvalue weighted by Crippen LogP contribution is -2.56. The fraction of sp³-hybridized carbons (Fsp3) is 0.667. The molecule has 0 amide bonds. The van der Waals surface area contributed by atoms with E-state index in [0.717, 1.165) is 63.4 Å². The molecule has 0 radical (unpaired) electrons. The molecule has 2 aliphatic rings. The van der Waals surface area contributed by atoms with Gasteiger partial charge in [-0.05, 0) is 19.4 Å². The molecule has 0 aromatic carbocycles. The smallest absolute Gasteiger partial charge is 0.182 e. The van der Waals surface area contributed by atoms with E-state index >= 15 is 0 Å². The second-order valence-electron chi connectivity index (χ2n) is 6.57. The summed E-state index contributed by atoms with van der Waals surface area (Å²) >= 11 is 0. The molecule has 2 saturated heterocycles. The maximum atomic E-state index is 10.7. The number of aromatic nitrogens is 4. The topological polar surface area (TPSA) is 93.2 Å². The summed E-state index contributed by atoms with van der Waals surface area (Å²) in [4.78, 5) is 20.5. The zero-order valence-electron chi connectivity index (χ0n) is 13.2. The molecule has 2 aromatic heterocycles. The molecule has 23 heavy (non-hydrogen) atoms. The van der Waals surface area contributed by atoms with Gasteiger partial charge in [-0.15, -0.1) is 0 Å². The third kappa shape index (κ3) is 3.01. The lowest BCUT2D eigenvalue weighted by molar-refractivity contribution is -0.0164. The number of fused-ring (bicyclic) bond motifs is 1. The largest absolute Gasteiger partial charge is 0.387 e. The SMILES string of the molecule is O[C@]1(CN2CCN(c3ncnc4nc[nH]c34)CC2)CCCNC1. The molecule has 3 N–H and O–H groups in total. The summed E-state index contributed by atoms with van der Waals surface area (Å²) in [5.74, 6) is 0.921. The first-order valence-electron chi connectivity index (χ1n) is 8.28. The van der Waals surface area contributed by atoms with Gasteiger partial charge in [0.25, 0.3) is 0 Å². The molecule has 124 valence electrons. The second-order valence-corrected chi connectivity index (χ2v) is 6.57. The van der Waals surface area contributed by atoms with Crippen molar-refractivity contribution in [1.82, 2.24) is 30.2 Å². The Morgan fingerprint density at radius 2 is 2.04 bits per heavy atom. The second kappa shape index (κ2) is 6.03. The molecule has 2 fully saturated rings. The number of aliphatic hydroxyl groups is 1. The van der Waals surface area contributed by atoms with Crippen LogP contribution in [0.25, 0.3) is 11.2 Å². The highest BCUT2D eigenvalue weighted by molar-refractivity contribution is 5.82. The number of imidazole rings is 1. The van der Waals surface area contributed by atoms with E-state index in [0.29, 0.717) is 12.2 Å². The van der Waals surface area contributed by atoms with E-state index in [1.165, 1.54) is 0 Å². The highest BCUT2D eigenvalue weighted by Gasteiger charge is 2.32. The molecule has 0 bridgehead atoms. The number of piperidine rings is 1. The van der Waals surface area contributed by atoms with Crippen molar-refractivity contribution < 1.29 is 5.11 Å². The number of rotatable bonds is 3. The van der Waals surface area contributed by atoms with Crippen molar-refractivity contribution in [3.8, 4) is 0 Å². The van der Waals surface area contributed by atoms with Crippen LogP contribution in [0.5, 0.6) is 0 Å². The van der Waals surface area contributed by atoms with Crippen LogP contribution in [0.1, 0.15) is 12.8 Å². The Balaban J connectivity index is 1.40. The number of piperazine rings is 1. The third-order valence-corrected chi connectivity index (χ3v) is 4.84. The Kier molecular flexibility index (Phi) is 3.88. The summed E-state index contributed by atoms with van der Waals surface area (Å²) in [6.07, 6.45) is 5.17. The maximum Gasteiger partial charge on any atom is 0.182 e. The number of β-amino-alcohol motifs (C(OH)–C–C–N with tert-alkyl or cyclic N) is 1. The van der Waals surface area contributed by atoms with Gasteiger partial charge in [0, 0.05) is 39.3 Å². The van der Waals surface area contributed by atoms with Gasteiger partial charge < -0.3 is 20.3 Å². The van der Waals surface area contributed by atoms with Gasteiger partial charge in [0.15, 0.2) is 11.5 Å². The number of nitrogens with zero attached hydrogens (tertiary/aromatic N) is 5. The van der Waals surface area contributed by atoms with Gasteiger partial charge in [0.05, 0.1) is 11.9 Å². The molecule has 1 atom stereocenters. The van der Waals surface area contributed by atoms with Crippen molar-refractivity contribution in [3.05, 3.63) is 12.7 Å². The maximum absolute atomic E-state index is 10.7. The molecular formula is C15H23N7O. The fourth-order valence-corrected chi connectivity index (χ4v) is 3.61. The molecule has 8 heteroatoms. The summed E-state index contributed by atoms with van der Waals surface area (Å²) in [6, 6.07) is 0. The average molecular weight is 317 g/mol. The summed E-state index contributed by atoms with van der Waals surface area (Å²) in [7, 11) is 0. The normalized spacial score (nSPS) is 26.7. The third-order valence-electron chi connectivity index (χ3n) is 4.84. The molecule has 0 aliphatic carbocycles. The van der Waals surface area contributed by atoms with Gasteiger partial charge in [0.1, 0.15) is 11.8 Å². The zero-order chi connectivity index (χ0) is 15.7. The fourth-order valence-electron chi connectivity index (χ4n) is 3.61. The van der Waals surface area contributed by atoms with E-state index in [-0.39, 0.29) is 0 Å². The van der Waals surface area contributed by atoms with Crippen molar-refractivity contribution in [2.24, 2.45) is 0 Å². The predicted octanol–water partition coefficient (Wildman–Crippen LogP) is -0.411. The Morgan fingerprint density at radius 1 is 1.17 bits per heavy atom. The van der Waals surface area contributed by atoms with Crippen LogP contribution in [0.3, 0.4) is 0 Å². The van der Waals surface area contributed by atoms with E-state index in [1.54, 1.807) is 12.7 Å². The molecule has 8 nitrogen and oxygen atoms in total. The van der Waals surface area contributed by atoms with E-state index < -0.39 is 5.60 Å². The molecule has 4 rings (SSSR count). The van der Waals surface area contributed by atoms with Gasteiger partial charge in [0.2, 0.25) is 0 Å². The first-order chi connectivity index (χ1) is 11.2. The van der Waals surface area contributed by atoms with Crippen LogP contribution in [-0.2, 0) is 0 Å². The number of anilines is 1. The number of aromatic amines is 1. The van der Waals surface area contributed by atoms with Crippen molar-refractivity contribution in [2.45, 2.75) is 18.4 Å². The van der Waals surface area contributed by atoms with Crippen LogP contribution in [0, 0.1) is 0 Å². The quantitative estimate of drug-likeness (QED) is 0.708. The summed E-state index contributed by atoms with van der Waals surface area (Å²) in [6.45, 7) is 6.13. The minimum absolute atomic E-state index is 0.577. The zero-order valence-corrected chi connectivity index (χ0v) is 13.2. The number of hydrogen-bond donors (Lipinski definition) is 3. The van der Waals surface area contributed by atoms with Crippen LogP contribution in [0.2, 0.25) is 0 Å². The van der Waals surface area contributed by atoms with Gasteiger partial charge in [-0.1, -0.05) is 0 Å². The number of hydrogen-bond acceptors (Lipinski definition) is 7. The van der Waals surface area contributed by atoms with E-state index in [4.69, 9.17) is 0 Å². The standard InChI is InChI=1S/C15H23N7O/c23-15(2-1-3-16-8-15)9-21-4-6-22(7-5-21)14-12-13(18-10-17-12)19-11-20-14/h10-11,16,23H,1-9H2,(H,17,18,19,20)/t15-/m1/s1. The van der Waals surface area contributed by atoms with Gasteiger partial charge in [-0.2, -0.15) is 0 Å². The van der Waals surface area contributed by atoms with E-state index in [9.17, 15) is 5.11 Å². The Bertz CT molecular complexity index is 659. The Labute approximate surface area is 134 Å². The van der Waals surface area contributed by atoms with Gasteiger partial charge in [-0.3, -0.25) is 4.90 Å². The first kappa shape index (κ1) is 14.8. The molecule has 2 aliphatic heterocycles. The van der Waals surface area contributed by atoms with Gasteiger partial charge >= 0.3 is 0 Å². The summed E-state index contributed by atoms with van der Waals surface area (Å²) in [5.41, 5.74) is 1.03. The van der Waals surface area contributed by atoms with E-state index in [1.807, 2.05) is 0 Å². The van der Waals surface area contributed by atoms with Crippen LogP contribution in [0.15, 0.2) is 12.7 Å². The van der Waals surface area contributed by atoms with Crippen LogP contribution >= 0.6 is 0 Å². The van der Waals surface area contributed by atoms with Gasteiger partial charge in [-0.25, -0.2) is 15.0 Å². The minimum Gasteiger partial charge on any atom is -0.387 e. The monoisotopic (exact) mass is 317 g/mol. The predicted molar refractivity (Wildman–Crippen MR) is 87.4 cm³/mol. The molecule has 4 heterocycles. The van der Waals surface area contributed by atoms with Crippen LogP contribution in [0.4, 0.5) is 5.82 Å². The Morgan fingerprint density at radius 3 is 2.83 bits per heavy atom. The molecule has 0 spiro atoms. The summed E-state index contributed by atoms with van der Waals surface area (Å²) in [5, 5.41) is 14.0. The van der Waals surface area contributed by atoms with Crippen molar-refractivity contribution >= 4 is 17.0 Å². The highest BCUT2D eigenvalue weighted by atomic mass is 16.3.